The van der Waals surface area contributed by atoms with Gasteiger partial charge in [0.15, 0.2) is 35.6 Å². The molecule has 2 aromatic carbocycles. The maximum atomic E-state index is 14.0. The molecule has 218 valence electrons. The van der Waals surface area contributed by atoms with Crippen molar-refractivity contribution in [2.45, 2.75) is 38.8 Å². The Kier molecular flexibility index (Phi) is 8.00. The third kappa shape index (κ3) is 6.04. The number of morpholine rings is 2. The third-order valence-corrected chi connectivity index (χ3v) is 7.51. The van der Waals surface area contributed by atoms with Crippen molar-refractivity contribution in [1.29, 1.82) is 0 Å². The zero-order chi connectivity index (χ0) is 29.5. The van der Waals surface area contributed by atoms with Gasteiger partial charge in [-0.2, -0.15) is 4.57 Å². The van der Waals surface area contributed by atoms with Crippen molar-refractivity contribution in [3.63, 3.8) is 0 Å². The molecule has 3 aromatic rings. The topological polar surface area (TPSA) is 126 Å². The van der Waals surface area contributed by atoms with Crippen LogP contribution in [0.4, 0.5) is 8.78 Å². The highest BCUT2D eigenvalue weighted by Crippen LogP contribution is 2.36. The van der Waals surface area contributed by atoms with Gasteiger partial charge in [0.2, 0.25) is 0 Å². The van der Waals surface area contributed by atoms with Crippen molar-refractivity contribution >= 4 is 19.8 Å². The molecule has 1 aromatic heterocycles. The van der Waals surface area contributed by atoms with Crippen molar-refractivity contribution < 1.29 is 51.2 Å². The second-order valence-electron chi connectivity index (χ2n) is 9.76. The molecule has 0 bridgehead atoms. The van der Waals surface area contributed by atoms with Crippen molar-refractivity contribution in [1.82, 2.24) is 9.47 Å². The van der Waals surface area contributed by atoms with Crippen LogP contribution >= 0.6 is 7.82 Å². The van der Waals surface area contributed by atoms with Crippen LogP contribution in [0.3, 0.4) is 0 Å². The molecule has 0 saturated carbocycles. The highest BCUT2D eigenvalue weighted by molar-refractivity contribution is 7.44. The van der Waals surface area contributed by atoms with Crippen LogP contribution < -0.4 is 14.2 Å². The van der Waals surface area contributed by atoms with Gasteiger partial charge in [0.25, 0.3) is 20.1 Å². The largest absolute Gasteiger partial charge is 0.756 e. The molecule has 1 amide bonds. The van der Waals surface area contributed by atoms with Crippen LogP contribution in [0, 0.1) is 18.6 Å². The van der Waals surface area contributed by atoms with E-state index in [-0.39, 0.29) is 19.0 Å². The zero-order valence-electron chi connectivity index (χ0n) is 22.4. The smallest absolute Gasteiger partial charge is 0.290 e. The summed E-state index contributed by atoms with van der Waals surface area (Å²) in [5, 5.41) is 0. The Balaban J connectivity index is 1.43. The van der Waals surface area contributed by atoms with Gasteiger partial charge >= 0.3 is 0 Å². The Labute approximate surface area is 234 Å². The number of imidazole rings is 1. The van der Waals surface area contributed by atoms with Crippen LogP contribution in [0.25, 0.3) is 11.8 Å². The molecule has 41 heavy (non-hydrogen) atoms. The summed E-state index contributed by atoms with van der Waals surface area (Å²) in [6, 6.07) is 7.71. The number of aryl methyl sites for hydroxylation is 1. The first-order valence-corrected chi connectivity index (χ1v) is 14.1. The monoisotopic (exact) mass is 591 g/mol. The summed E-state index contributed by atoms with van der Waals surface area (Å²) >= 11 is 0. The zero-order valence-corrected chi connectivity index (χ0v) is 23.3. The minimum Gasteiger partial charge on any atom is -0.756 e. The molecule has 0 radical (unpaired) electrons. The number of phosphoric ester groups is 1. The maximum Gasteiger partial charge on any atom is 0.290 e. The standard InChI is InChI=1S/C27H28F2N3O8P/c1-16-11-30(14-31(16)15-39-41(34,35)36)22-7-4-18(8-25(22)37-3)9-26-27(33)32-23(17(2)40-26)12-38-13-24(32)19-5-6-20(28)21(29)10-19/h4-11,14,17,23-24H,12-13,15H2,1-3H3,(H-,34,35,36)/b26-9-/t17-,23+,24-/m0/s1. The fourth-order valence-electron chi connectivity index (χ4n) is 4.98. The highest BCUT2D eigenvalue weighted by atomic mass is 31.2. The van der Waals surface area contributed by atoms with Crippen LogP contribution in [0.5, 0.6) is 5.75 Å². The molecule has 4 atom stereocenters. The lowest BCUT2D eigenvalue weighted by Crippen LogP contribution is -2.59. The lowest BCUT2D eigenvalue weighted by atomic mass is 9.97. The average Bonchev–Trinajstić information content (AvgIpc) is 3.31. The molecular formula is C27H28F2N3O8P. The van der Waals surface area contributed by atoms with E-state index in [1.807, 2.05) is 6.92 Å². The number of benzene rings is 2. The molecule has 1 N–H and O–H groups in total. The molecule has 0 aliphatic carbocycles. The van der Waals surface area contributed by atoms with E-state index >= 15 is 0 Å². The van der Waals surface area contributed by atoms with E-state index in [2.05, 4.69) is 4.52 Å². The number of halogens is 2. The molecule has 0 spiro atoms. The van der Waals surface area contributed by atoms with Gasteiger partial charge in [-0.15, -0.1) is 0 Å². The number of methoxy groups -OCH3 is 1. The number of ether oxygens (including phenoxy) is 3. The second-order valence-corrected chi connectivity index (χ2v) is 11.0. The normalized spacial score (nSPS) is 23.2. The lowest BCUT2D eigenvalue weighted by Gasteiger charge is -2.47. The van der Waals surface area contributed by atoms with E-state index in [0.717, 1.165) is 12.1 Å². The molecular weight excluding hydrogens is 563 g/mol. The highest BCUT2D eigenvalue weighted by Gasteiger charge is 2.45. The van der Waals surface area contributed by atoms with Crippen LogP contribution in [-0.2, 0) is 30.1 Å². The van der Waals surface area contributed by atoms with Crippen LogP contribution in [0.1, 0.15) is 29.8 Å². The molecule has 14 heteroatoms. The Bertz CT molecular complexity index is 1560. The predicted molar refractivity (Wildman–Crippen MR) is 137 cm³/mol. The average molecular weight is 592 g/mol. The quantitative estimate of drug-likeness (QED) is 0.253. The molecule has 3 heterocycles. The van der Waals surface area contributed by atoms with E-state index in [0.29, 0.717) is 28.3 Å². The molecule has 2 aliphatic heterocycles. The summed E-state index contributed by atoms with van der Waals surface area (Å²) in [6.07, 6.45) is 4.45. The number of hydrogen-bond donors (Lipinski definition) is 1. The number of rotatable bonds is 7. The maximum absolute atomic E-state index is 14.0. The molecule has 2 fully saturated rings. The minimum atomic E-state index is -4.89. The van der Waals surface area contributed by atoms with E-state index in [1.165, 1.54) is 17.7 Å². The number of carbonyl (C=O) groups excluding carboxylic acids is 1. The Morgan fingerprint density at radius 1 is 1.22 bits per heavy atom. The number of carbonyl (C=O) groups is 1. The van der Waals surface area contributed by atoms with Crippen molar-refractivity contribution in [3.8, 4) is 11.4 Å². The number of amides is 1. The van der Waals surface area contributed by atoms with E-state index in [4.69, 9.17) is 19.1 Å². The summed E-state index contributed by atoms with van der Waals surface area (Å²) < 4.78 is 63.5. The number of hydrogen-bond acceptors (Lipinski definition) is 7. The minimum absolute atomic E-state index is 0.0795. The fourth-order valence-corrected chi connectivity index (χ4v) is 5.25. The van der Waals surface area contributed by atoms with Gasteiger partial charge in [0.05, 0.1) is 32.4 Å². The molecule has 1 unspecified atom stereocenters. The summed E-state index contributed by atoms with van der Waals surface area (Å²) in [7, 11) is -3.41. The number of fused-ring (bicyclic) bond motifs is 1. The lowest BCUT2D eigenvalue weighted by molar-refractivity contribution is -0.596. The first-order valence-electron chi connectivity index (χ1n) is 12.6. The van der Waals surface area contributed by atoms with E-state index in [1.54, 1.807) is 53.2 Å². The van der Waals surface area contributed by atoms with Gasteiger partial charge in [-0.3, -0.25) is 13.9 Å². The summed E-state index contributed by atoms with van der Waals surface area (Å²) in [4.78, 5) is 35.1. The first kappa shape index (κ1) is 28.9. The summed E-state index contributed by atoms with van der Waals surface area (Å²) in [5.74, 6) is -1.86. The Morgan fingerprint density at radius 2 is 2.00 bits per heavy atom. The molecule has 2 aliphatic rings. The summed E-state index contributed by atoms with van der Waals surface area (Å²) in [5.41, 5.74) is 2.28. The predicted octanol–water partition coefficient (Wildman–Crippen LogP) is 2.52. The van der Waals surface area contributed by atoms with Gasteiger partial charge in [-0.05, 0) is 48.4 Å². The van der Waals surface area contributed by atoms with Crippen molar-refractivity contribution in [2.24, 2.45) is 0 Å². The number of phosphoric acid groups is 1. The second kappa shape index (κ2) is 11.3. The van der Waals surface area contributed by atoms with Gasteiger partial charge in [-0.25, -0.2) is 13.3 Å². The summed E-state index contributed by atoms with van der Waals surface area (Å²) in [6.45, 7) is 3.51. The van der Waals surface area contributed by atoms with Crippen LogP contribution in [0.15, 0.2) is 54.7 Å². The van der Waals surface area contributed by atoms with Crippen molar-refractivity contribution in [2.75, 3.05) is 20.3 Å². The van der Waals surface area contributed by atoms with Gasteiger partial charge < -0.3 is 28.9 Å². The van der Waals surface area contributed by atoms with Gasteiger partial charge in [0.1, 0.15) is 18.0 Å². The molecule has 2 saturated heterocycles. The van der Waals surface area contributed by atoms with Crippen LogP contribution in [-0.4, -0.2) is 52.7 Å². The molecule has 5 rings (SSSR count). The van der Waals surface area contributed by atoms with Gasteiger partial charge in [0, 0.05) is 6.92 Å². The molecule has 11 nitrogen and oxygen atoms in total. The Hall–Kier alpha value is -3.61. The SMILES string of the molecule is COc1cc(/C=C2\O[C@@H](C)[C@H]3COC[C@@H](c4ccc(F)c(F)c4)N3C2=O)ccc1-[n+]1cc(C)n(COP(=O)([O-])O)c1. The first-order chi connectivity index (χ1) is 19.4. The van der Waals surface area contributed by atoms with Crippen LogP contribution in [0.2, 0.25) is 0 Å². The fraction of sp³-hybridized carbons (Fsp3) is 0.333. The third-order valence-electron chi connectivity index (χ3n) is 7.07. The van der Waals surface area contributed by atoms with E-state index in [9.17, 15) is 23.0 Å². The Morgan fingerprint density at radius 3 is 2.71 bits per heavy atom. The number of nitrogens with zero attached hydrogens (tertiary/aromatic N) is 3. The van der Waals surface area contributed by atoms with Gasteiger partial charge in [-0.1, -0.05) is 12.1 Å². The number of aromatic nitrogens is 2. The van der Waals surface area contributed by atoms with Crippen molar-refractivity contribution in [3.05, 3.63) is 83.1 Å². The van der Waals surface area contributed by atoms with E-state index < -0.39 is 50.3 Å².